The fourth-order valence-electron chi connectivity index (χ4n) is 2.31. The number of carbonyl (C=O) groups excluding carboxylic acids is 2. The van der Waals surface area contributed by atoms with Crippen LogP contribution in [-0.4, -0.2) is 43.9 Å². The van der Waals surface area contributed by atoms with Crippen molar-refractivity contribution in [2.24, 2.45) is 0 Å². The first-order chi connectivity index (χ1) is 11.4. The molecule has 2 aromatic rings. The van der Waals surface area contributed by atoms with Crippen molar-refractivity contribution in [3.8, 4) is 0 Å². The number of rotatable bonds is 7. The molecular weight excluding hydrogens is 322 g/mol. The van der Waals surface area contributed by atoms with E-state index < -0.39 is 0 Å². The molecule has 5 nitrogen and oxygen atoms in total. The van der Waals surface area contributed by atoms with E-state index in [1.165, 1.54) is 9.78 Å². The molecule has 0 saturated carbocycles. The van der Waals surface area contributed by atoms with Crippen molar-refractivity contribution in [2.75, 3.05) is 32.5 Å². The summed E-state index contributed by atoms with van der Waals surface area (Å²) in [6, 6.07) is 11.7. The predicted octanol–water partition coefficient (Wildman–Crippen LogP) is 1.17. The lowest BCUT2D eigenvalue weighted by atomic mass is 10.2. The topological polar surface area (TPSA) is 53.9 Å². The number of anilines is 1. The van der Waals surface area contributed by atoms with Crippen molar-refractivity contribution in [2.45, 2.75) is 13.5 Å². The minimum atomic E-state index is -0.189. The van der Waals surface area contributed by atoms with Gasteiger partial charge in [0.25, 0.3) is 5.91 Å². The molecule has 1 heterocycles. The minimum absolute atomic E-state index is 0.0388. The lowest BCUT2D eigenvalue weighted by Gasteiger charge is -2.19. The van der Waals surface area contributed by atoms with Crippen LogP contribution in [0.3, 0.4) is 0 Å². The molecule has 6 heteroatoms. The third-order valence-corrected chi connectivity index (χ3v) is 4.53. The van der Waals surface area contributed by atoms with Crippen LogP contribution in [-0.2, 0) is 16.1 Å². The first-order valence-corrected chi connectivity index (χ1v) is 8.76. The lowest BCUT2D eigenvalue weighted by molar-refractivity contribution is -0.885. The zero-order valence-electron chi connectivity index (χ0n) is 14.3. The van der Waals surface area contributed by atoms with E-state index >= 15 is 0 Å². The summed E-state index contributed by atoms with van der Waals surface area (Å²) in [5.74, 6) is -0.228. The maximum Gasteiger partial charge on any atom is 0.277 e. The second kappa shape index (κ2) is 8.61. The molecule has 1 unspecified atom stereocenters. The summed E-state index contributed by atoms with van der Waals surface area (Å²) >= 11 is 1.69. The first-order valence-electron chi connectivity index (χ1n) is 7.88. The lowest BCUT2D eigenvalue weighted by Crippen LogP contribution is -3.08. The summed E-state index contributed by atoms with van der Waals surface area (Å²) in [7, 11) is 3.65. The van der Waals surface area contributed by atoms with Crippen molar-refractivity contribution < 1.29 is 14.5 Å². The number of thiophene rings is 1. The van der Waals surface area contributed by atoms with Gasteiger partial charge in [-0.05, 0) is 30.5 Å². The normalized spacial score (nSPS) is 11.8. The summed E-state index contributed by atoms with van der Waals surface area (Å²) < 4.78 is 0. The van der Waals surface area contributed by atoms with Crippen LogP contribution >= 0.6 is 11.3 Å². The Hall–Kier alpha value is -2.18. The van der Waals surface area contributed by atoms with Crippen LogP contribution in [0, 0.1) is 6.92 Å². The van der Waals surface area contributed by atoms with Crippen LogP contribution in [0.25, 0.3) is 0 Å². The van der Waals surface area contributed by atoms with Crippen molar-refractivity contribution in [1.29, 1.82) is 0 Å². The molecule has 128 valence electrons. The molecule has 0 fully saturated rings. The smallest absolute Gasteiger partial charge is 0.277 e. The van der Waals surface area contributed by atoms with Gasteiger partial charge in [-0.3, -0.25) is 9.59 Å². The number of likely N-dealkylation sites (N-methyl/N-ethyl adjacent to an activating group) is 2. The van der Waals surface area contributed by atoms with Gasteiger partial charge in [0.05, 0.1) is 18.5 Å². The average Bonchev–Trinajstić information content (AvgIpc) is 3.02. The summed E-state index contributed by atoms with van der Waals surface area (Å²) in [5, 5.41) is 4.84. The van der Waals surface area contributed by atoms with Crippen molar-refractivity contribution in [3.05, 3.63) is 52.2 Å². The largest absolute Gasteiger partial charge is 0.332 e. The van der Waals surface area contributed by atoms with Gasteiger partial charge < -0.3 is 15.1 Å². The molecule has 0 bridgehead atoms. The number of quaternary nitrogens is 1. The van der Waals surface area contributed by atoms with E-state index in [-0.39, 0.29) is 18.4 Å². The molecule has 24 heavy (non-hydrogen) atoms. The Morgan fingerprint density at radius 1 is 1.21 bits per heavy atom. The zero-order chi connectivity index (χ0) is 17.5. The monoisotopic (exact) mass is 346 g/mol. The second-order valence-corrected chi connectivity index (χ2v) is 7.09. The molecular formula is C18H24N3O2S+. The predicted molar refractivity (Wildman–Crippen MR) is 97.2 cm³/mol. The Bertz CT molecular complexity index is 668. The number of amides is 2. The van der Waals surface area contributed by atoms with Crippen LogP contribution in [0.5, 0.6) is 0 Å². The number of nitrogens with one attached hydrogen (secondary N) is 2. The number of hydrogen-bond acceptors (Lipinski definition) is 3. The Labute approximate surface area is 146 Å². The fourth-order valence-corrected chi connectivity index (χ4v) is 3.13. The van der Waals surface area contributed by atoms with E-state index in [1.807, 2.05) is 49.7 Å². The molecule has 0 aliphatic carbocycles. The summed E-state index contributed by atoms with van der Waals surface area (Å²) in [5.41, 5.74) is 1.88. The van der Waals surface area contributed by atoms with Crippen molar-refractivity contribution >= 4 is 28.8 Å². The van der Waals surface area contributed by atoms with Gasteiger partial charge in [-0.25, -0.2) is 0 Å². The molecule has 0 aliphatic heterocycles. The van der Waals surface area contributed by atoms with Crippen molar-refractivity contribution in [3.63, 3.8) is 0 Å². The van der Waals surface area contributed by atoms with Gasteiger partial charge in [0.1, 0.15) is 6.54 Å². The van der Waals surface area contributed by atoms with Gasteiger partial charge in [-0.2, -0.15) is 0 Å². The second-order valence-electron chi connectivity index (χ2n) is 6.05. The number of benzene rings is 1. The van der Waals surface area contributed by atoms with E-state index in [4.69, 9.17) is 0 Å². The maximum atomic E-state index is 12.2. The molecule has 0 saturated heterocycles. The Morgan fingerprint density at radius 2 is 1.92 bits per heavy atom. The zero-order valence-corrected chi connectivity index (χ0v) is 15.2. The van der Waals surface area contributed by atoms with E-state index in [2.05, 4.69) is 11.4 Å². The van der Waals surface area contributed by atoms with Crippen LogP contribution in [0.4, 0.5) is 5.69 Å². The SMILES string of the molecule is Cc1ccc(NC(=O)CN(C)C(=O)C[NH+](C)Cc2cccs2)cc1. The molecule has 1 aromatic carbocycles. The summed E-state index contributed by atoms with van der Waals surface area (Å²) in [6.07, 6.45) is 0. The molecule has 0 spiro atoms. The Balaban J connectivity index is 1.77. The van der Waals surface area contributed by atoms with E-state index in [9.17, 15) is 9.59 Å². The summed E-state index contributed by atoms with van der Waals surface area (Å²) in [4.78, 5) is 28.1. The Kier molecular flexibility index (Phi) is 6.52. The first kappa shape index (κ1) is 18.2. The molecule has 0 radical (unpaired) electrons. The fraction of sp³-hybridized carbons (Fsp3) is 0.333. The van der Waals surface area contributed by atoms with E-state index in [0.717, 1.165) is 22.7 Å². The van der Waals surface area contributed by atoms with Gasteiger partial charge in [0, 0.05) is 12.7 Å². The van der Waals surface area contributed by atoms with Gasteiger partial charge in [-0.1, -0.05) is 23.8 Å². The molecule has 2 rings (SSSR count). The average molecular weight is 346 g/mol. The van der Waals surface area contributed by atoms with E-state index in [1.54, 1.807) is 18.4 Å². The highest BCUT2D eigenvalue weighted by Gasteiger charge is 2.17. The van der Waals surface area contributed by atoms with E-state index in [0.29, 0.717) is 6.54 Å². The van der Waals surface area contributed by atoms with Crippen LogP contribution in [0.1, 0.15) is 10.4 Å². The highest BCUT2D eigenvalue weighted by Crippen LogP contribution is 2.08. The quantitative estimate of drug-likeness (QED) is 0.791. The van der Waals surface area contributed by atoms with Gasteiger partial charge >= 0.3 is 0 Å². The standard InChI is InChI=1S/C18H23N3O2S/c1-14-6-8-15(9-7-14)19-17(22)12-21(3)18(23)13-20(2)11-16-5-4-10-24-16/h4-10H,11-13H2,1-3H3,(H,19,22)/p+1. The number of aryl methyl sites for hydroxylation is 1. The summed E-state index contributed by atoms with van der Waals surface area (Å²) in [6.45, 7) is 3.23. The highest BCUT2D eigenvalue weighted by molar-refractivity contribution is 7.09. The molecule has 0 aliphatic rings. The van der Waals surface area contributed by atoms with Crippen LogP contribution in [0.15, 0.2) is 41.8 Å². The van der Waals surface area contributed by atoms with Crippen LogP contribution in [0.2, 0.25) is 0 Å². The highest BCUT2D eigenvalue weighted by atomic mass is 32.1. The molecule has 1 aromatic heterocycles. The maximum absolute atomic E-state index is 12.2. The molecule has 1 atom stereocenters. The number of hydrogen-bond donors (Lipinski definition) is 2. The van der Waals surface area contributed by atoms with Crippen LogP contribution < -0.4 is 10.2 Å². The Morgan fingerprint density at radius 3 is 2.54 bits per heavy atom. The van der Waals surface area contributed by atoms with Crippen molar-refractivity contribution in [1.82, 2.24) is 4.90 Å². The minimum Gasteiger partial charge on any atom is -0.332 e. The van der Waals surface area contributed by atoms with Gasteiger partial charge in [-0.15, -0.1) is 11.3 Å². The molecule has 2 amide bonds. The number of carbonyl (C=O) groups is 2. The molecule has 2 N–H and O–H groups in total. The van der Waals surface area contributed by atoms with Gasteiger partial charge in [0.15, 0.2) is 6.54 Å². The number of nitrogens with zero attached hydrogens (tertiary/aromatic N) is 1. The van der Waals surface area contributed by atoms with Gasteiger partial charge in [0.2, 0.25) is 5.91 Å². The third kappa shape index (κ3) is 5.79. The third-order valence-electron chi connectivity index (χ3n) is 3.65.